The first-order valence-corrected chi connectivity index (χ1v) is 8.10. The summed E-state index contributed by atoms with van der Waals surface area (Å²) in [5.74, 6) is 1.62. The maximum Gasteiger partial charge on any atom is 0.248 e. The summed E-state index contributed by atoms with van der Waals surface area (Å²) >= 11 is 0. The molecule has 0 saturated heterocycles. The van der Waals surface area contributed by atoms with Gasteiger partial charge < -0.3 is 19.5 Å². The maximum absolute atomic E-state index is 12.2. The van der Waals surface area contributed by atoms with Crippen LogP contribution in [0.1, 0.15) is 16.7 Å². The third-order valence-electron chi connectivity index (χ3n) is 3.77. The number of methoxy groups -OCH3 is 1. The van der Waals surface area contributed by atoms with Crippen LogP contribution in [0.2, 0.25) is 0 Å². The van der Waals surface area contributed by atoms with Crippen LogP contribution in [0.4, 0.5) is 5.69 Å². The van der Waals surface area contributed by atoms with Gasteiger partial charge in [-0.25, -0.2) is 0 Å². The highest BCUT2D eigenvalue weighted by atomic mass is 16.6. The molecule has 25 heavy (non-hydrogen) atoms. The monoisotopic (exact) mass is 339 g/mol. The predicted molar refractivity (Wildman–Crippen MR) is 97.6 cm³/mol. The van der Waals surface area contributed by atoms with Gasteiger partial charge in [0.25, 0.3) is 0 Å². The van der Waals surface area contributed by atoms with Crippen LogP contribution < -0.4 is 19.5 Å². The van der Waals surface area contributed by atoms with Gasteiger partial charge in [-0.3, -0.25) is 4.79 Å². The number of ether oxygens (including phenoxy) is 3. The number of fused-ring (bicyclic) bond motifs is 1. The summed E-state index contributed by atoms with van der Waals surface area (Å²) in [6.07, 6.45) is 3.21. The second-order valence-electron chi connectivity index (χ2n) is 5.95. The minimum absolute atomic E-state index is 0.196. The molecule has 1 aliphatic rings. The van der Waals surface area contributed by atoms with Gasteiger partial charge in [0.15, 0.2) is 11.5 Å². The summed E-state index contributed by atoms with van der Waals surface area (Å²) in [7, 11) is 1.58. The summed E-state index contributed by atoms with van der Waals surface area (Å²) < 4.78 is 16.5. The van der Waals surface area contributed by atoms with Crippen LogP contribution in [0.5, 0.6) is 17.2 Å². The van der Waals surface area contributed by atoms with Gasteiger partial charge in [-0.2, -0.15) is 0 Å². The fourth-order valence-corrected chi connectivity index (χ4v) is 2.79. The molecule has 3 rings (SSSR count). The zero-order chi connectivity index (χ0) is 17.8. The standard InChI is InChI=1S/C20H21NO4/c1-13-8-14(2)10-16(9-13)21-19(22)5-4-15-11-17(23-3)20-18(12-15)24-6-7-25-20/h4-5,8-12H,6-7H2,1-3H3,(H,21,22)/b5-4+. The molecule has 1 N–H and O–H groups in total. The highest BCUT2D eigenvalue weighted by Gasteiger charge is 2.17. The largest absolute Gasteiger partial charge is 0.493 e. The van der Waals surface area contributed by atoms with Gasteiger partial charge in [-0.15, -0.1) is 0 Å². The van der Waals surface area contributed by atoms with Gasteiger partial charge in [-0.05, 0) is 60.9 Å². The average Bonchev–Trinajstić information content (AvgIpc) is 2.58. The molecule has 0 saturated carbocycles. The molecule has 0 atom stereocenters. The van der Waals surface area contributed by atoms with Gasteiger partial charge in [0.2, 0.25) is 11.7 Å². The highest BCUT2D eigenvalue weighted by Crippen LogP contribution is 2.40. The molecule has 1 aliphatic heterocycles. The van der Waals surface area contributed by atoms with Crippen molar-refractivity contribution in [1.82, 2.24) is 0 Å². The van der Waals surface area contributed by atoms with Crippen LogP contribution in [0, 0.1) is 13.8 Å². The van der Waals surface area contributed by atoms with Gasteiger partial charge >= 0.3 is 0 Å². The first kappa shape index (κ1) is 16.9. The Balaban J connectivity index is 1.76. The third-order valence-corrected chi connectivity index (χ3v) is 3.77. The molecule has 0 radical (unpaired) electrons. The minimum atomic E-state index is -0.196. The number of aryl methyl sites for hydroxylation is 2. The maximum atomic E-state index is 12.2. The zero-order valence-corrected chi connectivity index (χ0v) is 14.6. The number of hydrogen-bond donors (Lipinski definition) is 1. The smallest absolute Gasteiger partial charge is 0.248 e. The molecule has 130 valence electrons. The Bertz CT molecular complexity index is 789. The van der Waals surface area contributed by atoms with Crippen LogP contribution in [0.15, 0.2) is 36.4 Å². The molecule has 0 aliphatic carbocycles. The van der Waals surface area contributed by atoms with Crippen molar-refractivity contribution in [3.8, 4) is 17.2 Å². The molecule has 2 aromatic carbocycles. The van der Waals surface area contributed by atoms with Crippen molar-refractivity contribution in [3.05, 3.63) is 53.1 Å². The number of rotatable bonds is 4. The van der Waals surface area contributed by atoms with E-state index in [-0.39, 0.29) is 5.91 Å². The van der Waals surface area contributed by atoms with Crippen molar-refractivity contribution in [2.75, 3.05) is 25.6 Å². The second-order valence-corrected chi connectivity index (χ2v) is 5.95. The molecule has 0 unspecified atom stereocenters. The second kappa shape index (κ2) is 7.30. The SMILES string of the molecule is COc1cc(/C=C/C(=O)Nc2cc(C)cc(C)c2)cc2c1OCCO2. The first-order chi connectivity index (χ1) is 12.0. The van der Waals surface area contributed by atoms with Gasteiger partial charge in [0.1, 0.15) is 13.2 Å². The van der Waals surface area contributed by atoms with Crippen molar-refractivity contribution in [2.24, 2.45) is 0 Å². The molecule has 0 bridgehead atoms. The number of carbonyl (C=O) groups is 1. The Morgan fingerprint density at radius 1 is 1.08 bits per heavy atom. The van der Waals surface area contributed by atoms with Gasteiger partial charge in [0, 0.05) is 11.8 Å². The van der Waals surface area contributed by atoms with E-state index in [0.29, 0.717) is 30.5 Å². The number of hydrogen-bond acceptors (Lipinski definition) is 4. The van der Waals surface area contributed by atoms with E-state index in [1.807, 2.05) is 38.1 Å². The average molecular weight is 339 g/mol. The Morgan fingerprint density at radius 2 is 1.80 bits per heavy atom. The summed E-state index contributed by atoms with van der Waals surface area (Å²) in [6.45, 7) is 4.99. The molecule has 5 heteroatoms. The molecule has 5 nitrogen and oxygen atoms in total. The zero-order valence-electron chi connectivity index (χ0n) is 14.6. The molecule has 2 aromatic rings. The lowest BCUT2D eigenvalue weighted by Crippen LogP contribution is -2.16. The van der Waals surface area contributed by atoms with Crippen molar-refractivity contribution in [1.29, 1.82) is 0 Å². The first-order valence-electron chi connectivity index (χ1n) is 8.10. The summed E-state index contributed by atoms with van der Waals surface area (Å²) in [5, 5.41) is 2.87. The molecule has 1 heterocycles. The number of nitrogens with one attached hydrogen (secondary N) is 1. The summed E-state index contributed by atoms with van der Waals surface area (Å²) in [6, 6.07) is 9.58. The van der Waals surface area contributed by atoms with E-state index in [0.717, 1.165) is 22.4 Å². The normalized spacial score (nSPS) is 12.9. The van der Waals surface area contributed by atoms with E-state index in [9.17, 15) is 4.79 Å². The lowest BCUT2D eigenvalue weighted by molar-refractivity contribution is -0.111. The molecule has 0 spiro atoms. The summed E-state index contributed by atoms with van der Waals surface area (Å²) in [5.41, 5.74) is 3.80. The fraction of sp³-hybridized carbons (Fsp3) is 0.250. The van der Waals surface area contributed by atoms with Crippen molar-refractivity contribution >= 4 is 17.7 Å². The van der Waals surface area contributed by atoms with E-state index < -0.39 is 0 Å². The van der Waals surface area contributed by atoms with Crippen LogP contribution in [0.25, 0.3) is 6.08 Å². The molecule has 1 amide bonds. The number of amides is 1. The van der Waals surface area contributed by atoms with Crippen LogP contribution in [0.3, 0.4) is 0 Å². The molecule has 0 fully saturated rings. The fourth-order valence-electron chi connectivity index (χ4n) is 2.79. The summed E-state index contributed by atoms with van der Waals surface area (Å²) in [4.78, 5) is 12.2. The Hall–Kier alpha value is -2.95. The van der Waals surface area contributed by atoms with Crippen LogP contribution in [-0.4, -0.2) is 26.2 Å². The lowest BCUT2D eigenvalue weighted by atomic mass is 10.1. The molecule has 0 aromatic heterocycles. The number of benzene rings is 2. The number of anilines is 1. The van der Waals surface area contributed by atoms with E-state index in [2.05, 4.69) is 11.4 Å². The molecular formula is C20H21NO4. The van der Waals surface area contributed by atoms with Crippen molar-refractivity contribution in [2.45, 2.75) is 13.8 Å². The van der Waals surface area contributed by atoms with E-state index >= 15 is 0 Å². The Labute approximate surface area is 147 Å². The van der Waals surface area contributed by atoms with Crippen LogP contribution in [-0.2, 0) is 4.79 Å². The Kier molecular flexibility index (Phi) is 4.93. The van der Waals surface area contributed by atoms with Crippen LogP contribution >= 0.6 is 0 Å². The predicted octanol–water partition coefficient (Wildman–Crippen LogP) is 3.74. The van der Waals surface area contributed by atoms with Crippen molar-refractivity contribution < 1.29 is 19.0 Å². The highest BCUT2D eigenvalue weighted by molar-refractivity contribution is 6.02. The van der Waals surface area contributed by atoms with E-state index in [1.54, 1.807) is 13.2 Å². The topological polar surface area (TPSA) is 56.8 Å². The van der Waals surface area contributed by atoms with Crippen molar-refractivity contribution in [3.63, 3.8) is 0 Å². The van der Waals surface area contributed by atoms with Gasteiger partial charge in [-0.1, -0.05) is 6.07 Å². The minimum Gasteiger partial charge on any atom is -0.493 e. The van der Waals surface area contributed by atoms with E-state index in [4.69, 9.17) is 14.2 Å². The van der Waals surface area contributed by atoms with Gasteiger partial charge in [0.05, 0.1) is 7.11 Å². The Morgan fingerprint density at radius 3 is 2.52 bits per heavy atom. The quantitative estimate of drug-likeness (QED) is 0.862. The number of carbonyl (C=O) groups excluding carboxylic acids is 1. The third kappa shape index (κ3) is 4.12. The molecular weight excluding hydrogens is 318 g/mol. The van der Waals surface area contributed by atoms with E-state index in [1.165, 1.54) is 6.08 Å². The lowest BCUT2D eigenvalue weighted by Gasteiger charge is -2.20.